The molecule has 0 unspecified atom stereocenters. The van der Waals surface area contributed by atoms with E-state index in [0.717, 1.165) is 0 Å². The molecule has 7 heteroatoms. The Bertz CT molecular complexity index is 648. The van der Waals surface area contributed by atoms with E-state index in [9.17, 15) is 14.0 Å². The van der Waals surface area contributed by atoms with E-state index in [2.05, 4.69) is 0 Å². The zero-order chi connectivity index (χ0) is 21.4. The number of carbonyl (C=O) groups excluding carboxylic acids is 2. The second-order valence-corrected chi connectivity index (χ2v) is 7.46. The fourth-order valence-corrected chi connectivity index (χ4v) is 2.85. The molecule has 0 aromatic heterocycles. The summed E-state index contributed by atoms with van der Waals surface area (Å²) in [6.45, 7) is 10.1. The molecule has 0 radical (unpaired) electrons. The van der Waals surface area contributed by atoms with Crippen molar-refractivity contribution >= 4 is 12.1 Å². The molecule has 0 saturated carbocycles. The van der Waals surface area contributed by atoms with E-state index < -0.39 is 28.9 Å². The molecule has 0 N–H and O–H groups in total. The lowest BCUT2D eigenvalue weighted by molar-refractivity contribution is -0.158. The number of halogens is 1. The summed E-state index contributed by atoms with van der Waals surface area (Å²) in [5.74, 6) is -0.818. The van der Waals surface area contributed by atoms with E-state index in [4.69, 9.17) is 14.2 Å². The van der Waals surface area contributed by atoms with Gasteiger partial charge in [-0.3, -0.25) is 4.79 Å². The average Bonchev–Trinajstić information content (AvgIpc) is 2.67. The number of esters is 1. The second kappa shape index (κ2) is 10.3. The minimum Gasteiger partial charge on any atom is -0.489 e. The Kier molecular flexibility index (Phi) is 8.72. The predicted molar refractivity (Wildman–Crippen MR) is 105 cm³/mol. The Labute approximate surface area is 166 Å². The maximum absolute atomic E-state index is 13.8. The van der Waals surface area contributed by atoms with Crippen LogP contribution in [0.2, 0.25) is 0 Å². The van der Waals surface area contributed by atoms with Crippen LogP contribution in [0.5, 0.6) is 5.75 Å². The summed E-state index contributed by atoms with van der Waals surface area (Å²) in [5, 5.41) is 0. The van der Waals surface area contributed by atoms with Crippen molar-refractivity contribution in [2.75, 3.05) is 26.8 Å². The van der Waals surface area contributed by atoms with Crippen molar-refractivity contribution in [1.82, 2.24) is 4.90 Å². The predicted octanol–water partition coefficient (Wildman–Crippen LogP) is 4.42. The fraction of sp³-hybridized carbons (Fsp3) is 0.619. The third kappa shape index (κ3) is 6.39. The number of rotatable bonds is 4. The minimum atomic E-state index is -0.921. The Morgan fingerprint density at radius 2 is 1.71 bits per heavy atom. The van der Waals surface area contributed by atoms with Gasteiger partial charge in [0.15, 0.2) is 11.6 Å². The molecule has 1 aromatic carbocycles. The maximum Gasteiger partial charge on any atom is 0.410 e. The number of methoxy groups -OCH3 is 1. The van der Waals surface area contributed by atoms with Crippen molar-refractivity contribution in [2.45, 2.75) is 53.1 Å². The van der Waals surface area contributed by atoms with Gasteiger partial charge < -0.3 is 19.1 Å². The number of nitrogens with zero attached hydrogens (tertiary/aromatic N) is 1. The fourth-order valence-electron chi connectivity index (χ4n) is 2.85. The molecule has 1 aromatic rings. The monoisotopic (exact) mass is 397 g/mol. The van der Waals surface area contributed by atoms with Gasteiger partial charge in [0, 0.05) is 13.1 Å². The smallest absolute Gasteiger partial charge is 0.410 e. The topological polar surface area (TPSA) is 65.1 Å². The number of amides is 1. The highest BCUT2D eigenvalue weighted by Crippen LogP contribution is 2.34. The molecule has 0 atom stereocenters. The van der Waals surface area contributed by atoms with Crippen LogP contribution >= 0.6 is 0 Å². The summed E-state index contributed by atoms with van der Waals surface area (Å²) in [7, 11) is 1.31. The second-order valence-electron chi connectivity index (χ2n) is 7.46. The third-order valence-electron chi connectivity index (χ3n) is 4.33. The molecule has 2 rings (SSSR count). The number of ether oxygens (including phenoxy) is 3. The van der Waals surface area contributed by atoms with Gasteiger partial charge in [-0.25, -0.2) is 9.18 Å². The van der Waals surface area contributed by atoms with Crippen LogP contribution in [0.1, 0.15) is 47.5 Å². The number of piperidine rings is 1. The third-order valence-corrected chi connectivity index (χ3v) is 4.33. The van der Waals surface area contributed by atoms with Crippen LogP contribution in [0.4, 0.5) is 9.18 Å². The lowest BCUT2D eigenvalue weighted by Gasteiger charge is -2.39. The minimum absolute atomic E-state index is 0.0111. The number of hydrogen-bond donors (Lipinski definition) is 0. The molecule has 6 nitrogen and oxygen atoms in total. The first-order chi connectivity index (χ1) is 13.2. The Hall–Kier alpha value is -2.31. The largest absolute Gasteiger partial charge is 0.489 e. The van der Waals surface area contributed by atoms with Gasteiger partial charge in [-0.15, -0.1) is 0 Å². The van der Waals surface area contributed by atoms with Gasteiger partial charge in [0.2, 0.25) is 0 Å². The molecule has 1 fully saturated rings. The number of para-hydroxylation sites is 1. The number of carbonyl (C=O) groups is 2. The lowest BCUT2D eigenvalue weighted by atomic mass is 9.79. The molecule has 1 amide bonds. The van der Waals surface area contributed by atoms with Crippen molar-refractivity contribution < 1.29 is 28.2 Å². The zero-order valence-corrected chi connectivity index (χ0v) is 17.7. The maximum atomic E-state index is 13.8. The summed E-state index contributed by atoms with van der Waals surface area (Å²) in [6.07, 6.45) is 0.298. The van der Waals surface area contributed by atoms with Gasteiger partial charge in [0.1, 0.15) is 17.6 Å². The van der Waals surface area contributed by atoms with Gasteiger partial charge in [-0.05, 0) is 45.7 Å². The Morgan fingerprint density at radius 1 is 1.14 bits per heavy atom. The molecule has 158 valence electrons. The van der Waals surface area contributed by atoms with Gasteiger partial charge >= 0.3 is 12.1 Å². The summed E-state index contributed by atoms with van der Waals surface area (Å²) in [4.78, 5) is 26.1. The van der Waals surface area contributed by atoms with Crippen molar-refractivity contribution in [2.24, 2.45) is 5.41 Å². The van der Waals surface area contributed by atoms with Crippen molar-refractivity contribution in [3.63, 3.8) is 0 Å². The number of hydrogen-bond acceptors (Lipinski definition) is 5. The highest BCUT2D eigenvalue weighted by Gasteiger charge is 2.45. The first-order valence-electron chi connectivity index (χ1n) is 9.60. The van der Waals surface area contributed by atoms with E-state index in [1.807, 2.05) is 13.8 Å². The van der Waals surface area contributed by atoms with Crippen molar-refractivity contribution in [3.05, 3.63) is 30.1 Å². The van der Waals surface area contributed by atoms with Gasteiger partial charge in [0.05, 0.1) is 7.11 Å². The molecule has 0 bridgehead atoms. The molecule has 1 saturated heterocycles. The molecular formula is C21H32FNO5. The van der Waals surface area contributed by atoms with Gasteiger partial charge in [0.25, 0.3) is 0 Å². The summed E-state index contributed by atoms with van der Waals surface area (Å²) >= 11 is 0. The Balaban J connectivity index is 0.00000190. The zero-order valence-electron chi connectivity index (χ0n) is 17.7. The van der Waals surface area contributed by atoms with E-state index in [1.54, 1.807) is 37.8 Å². The summed E-state index contributed by atoms with van der Waals surface area (Å²) < 4.78 is 29.6. The van der Waals surface area contributed by atoms with Crippen LogP contribution in [0.15, 0.2) is 24.3 Å². The summed E-state index contributed by atoms with van der Waals surface area (Å²) in [6, 6.07) is 6.04. The van der Waals surface area contributed by atoms with Crippen molar-refractivity contribution in [1.29, 1.82) is 0 Å². The van der Waals surface area contributed by atoms with E-state index >= 15 is 0 Å². The highest BCUT2D eigenvalue weighted by atomic mass is 19.1. The highest BCUT2D eigenvalue weighted by molar-refractivity contribution is 5.78. The Morgan fingerprint density at radius 3 is 2.21 bits per heavy atom. The van der Waals surface area contributed by atoms with Gasteiger partial charge in [-0.2, -0.15) is 0 Å². The molecule has 1 heterocycles. The quantitative estimate of drug-likeness (QED) is 0.704. The lowest BCUT2D eigenvalue weighted by Crippen LogP contribution is -2.50. The van der Waals surface area contributed by atoms with Crippen LogP contribution in [-0.2, 0) is 14.3 Å². The first-order valence-corrected chi connectivity index (χ1v) is 9.60. The molecule has 1 aliphatic heterocycles. The molecular weight excluding hydrogens is 365 g/mol. The van der Waals surface area contributed by atoms with E-state index in [-0.39, 0.29) is 12.4 Å². The SMILES string of the molecule is CC.COC(=O)C1(COc2ccccc2F)CCN(C(=O)OC(C)(C)C)CC1. The number of benzene rings is 1. The van der Waals surface area contributed by atoms with Crippen molar-refractivity contribution in [3.8, 4) is 5.75 Å². The normalized spacial score (nSPS) is 15.8. The van der Waals surface area contributed by atoms with Crippen LogP contribution in [0, 0.1) is 11.2 Å². The first kappa shape index (κ1) is 23.7. The van der Waals surface area contributed by atoms with Gasteiger partial charge in [-0.1, -0.05) is 26.0 Å². The van der Waals surface area contributed by atoms with Crippen LogP contribution < -0.4 is 4.74 Å². The standard InChI is InChI=1S/C19H26FNO5.C2H6/c1-18(2,3)26-17(23)21-11-9-19(10-12-21,16(22)24-4)13-25-15-8-6-5-7-14(15)20;1-2/h5-8H,9-13H2,1-4H3;1-2H3. The molecule has 28 heavy (non-hydrogen) atoms. The molecule has 1 aliphatic rings. The average molecular weight is 397 g/mol. The molecule has 0 aliphatic carbocycles. The number of likely N-dealkylation sites (tertiary alicyclic amines) is 1. The van der Waals surface area contributed by atoms with Crippen LogP contribution in [-0.4, -0.2) is 49.4 Å². The van der Waals surface area contributed by atoms with Crippen LogP contribution in [0.3, 0.4) is 0 Å². The van der Waals surface area contributed by atoms with E-state index in [0.29, 0.717) is 25.9 Å². The van der Waals surface area contributed by atoms with Crippen LogP contribution in [0.25, 0.3) is 0 Å². The molecule has 0 spiro atoms. The van der Waals surface area contributed by atoms with E-state index in [1.165, 1.54) is 19.2 Å². The summed E-state index contributed by atoms with van der Waals surface area (Å²) in [5.41, 5.74) is -1.50.